The standard InChI is InChI=1S/C52H93NO7/c1-5-6-7-8-9-10-11-12-13-14-15-16-17-18-19-20-21-22-23-24-25-26-27-28-29-30-31-32-33-34-35-36-37-38-39-40-41-42-43-44-50(55)59-47-49(54)48-60-52(51(56)57)58-46-45-53(2,3)4/h6-7,9-10,12-13,15-16,18-19,49,52,54H,5,8,11,14,17,20-48H2,1-4H3/b7-6-,10-9-,13-12-,16-15-,19-18-. The highest BCUT2D eigenvalue weighted by Crippen LogP contribution is 2.16. The lowest BCUT2D eigenvalue weighted by Crippen LogP contribution is -2.44. The molecule has 0 saturated carbocycles. The average Bonchev–Trinajstić information content (AvgIpc) is 3.21. The molecular formula is C52H93NO7. The van der Waals surface area contributed by atoms with Crippen LogP contribution in [0, 0.1) is 0 Å². The van der Waals surface area contributed by atoms with E-state index >= 15 is 0 Å². The normalized spacial score (nSPS) is 13.6. The number of ether oxygens (including phenoxy) is 3. The van der Waals surface area contributed by atoms with Crippen molar-refractivity contribution in [3.05, 3.63) is 60.8 Å². The van der Waals surface area contributed by atoms with Gasteiger partial charge in [0.25, 0.3) is 0 Å². The van der Waals surface area contributed by atoms with E-state index in [0.29, 0.717) is 17.4 Å². The second kappa shape index (κ2) is 44.5. The SMILES string of the molecule is CC/C=C\C/C=C\C/C=C\C/C=C\C/C=C\CCCCCCCCCCCCCCCCCCCCCCCCCC(=O)OCC(O)COC(OCC[N+](C)(C)C)C(=O)[O-]. The Morgan fingerprint density at radius 3 is 1.27 bits per heavy atom. The van der Waals surface area contributed by atoms with Gasteiger partial charge in [-0.25, -0.2) is 0 Å². The van der Waals surface area contributed by atoms with Crippen LogP contribution in [0.2, 0.25) is 0 Å². The third-order valence-electron chi connectivity index (χ3n) is 10.5. The summed E-state index contributed by atoms with van der Waals surface area (Å²) in [6, 6.07) is 0. The zero-order chi connectivity index (χ0) is 44.0. The van der Waals surface area contributed by atoms with Crippen LogP contribution >= 0.6 is 0 Å². The van der Waals surface area contributed by atoms with Crippen molar-refractivity contribution in [2.45, 2.75) is 212 Å². The number of carbonyl (C=O) groups excluding carboxylic acids is 2. The van der Waals surface area contributed by atoms with Gasteiger partial charge in [0, 0.05) is 6.42 Å². The minimum Gasteiger partial charge on any atom is -0.545 e. The molecule has 2 unspecified atom stereocenters. The number of esters is 1. The first-order valence-corrected chi connectivity index (χ1v) is 24.5. The van der Waals surface area contributed by atoms with Crippen molar-refractivity contribution in [1.82, 2.24) is 0 Å². The van der Waals surface area contributed by atoms with Gasteiger partial charge in [0.1, 0.15) is 19.3 Å². The molecule has 0 aliphatic carbocycles. The zero-order valence-corrected chi connectivity index (χ0v) is 39.3. The lowest BCUT2D eigenvalue weighted by molar-refractivity contribution is -0.870. The monoisotopic (exact) mass is 844 g/mol. The Kier molecular flexibility index (Phi) is 42.7. The zero-order valence-electron chi connectivity index (χ0n) is 39.3. The van der Waals surface area contributed by atoms with Crippen LogP contribution in [0.4, 0.5) is 0 Å². The van der Waals surface area contributed by atoms with Crippen LogP contribution in [0.5, 0.6) is 0 Å². The fourth-order valence-corrected chi connectivity index (χ4v) is 6.74. The molecule has 348 valence electrons. The Morgan fingerprint density at radius 1 is 0.517 bits per heavy atom. The largest absolute Gasteiger partial charge is 0.545 e. The Labute approximate surface area is 369 Å². The summed E-state index contributed by atoms with van der Waals surface area (Å²) in [5.74, 6) is -1.87. The maximum atomic E-state index is 12.0. The predicted molar refractivity (Wildman–Crippen MR) is 250 cm³/mol. The Balaban J connectivity index is 3.38. The first kappa shape index (κ1) is 57.5. The van der Waals surface area contributed by atoms with Gasteiger partial charge >= 0.3 is 5.97 Å². The number of aliphatic carboxylic acids is 1. The summed E-state index contributed by atoms with van der Waals surface area (Å²) < 4.78 is 16.0. The number of allylic oxidation sites excluding steroid dienone is 10. The van der Waals surface area contributed by atoms with Gasteiger partial charge in [-0.3, -0.25) is 4.79 Å². The second-order valence-electron chi connectivity index (χ2n) is 17.6. The maximum absolute atomic E-state index is 12.0. The molecule has 0 rings (SSSR count). The molecule has 0 aromatic rings. The number of carbonyl (C=O) groups is 2. The van der Waals surface area contributed by atoms with Crippen LogP contribution in [0.15, 0.2) is 60.8 Å². The molecule has 0 radical (unpaired) electrons. The van der Waals surface area contributed by atoms with E-state index in [-0.39, 0.29) is 25.8 Å². The van der Waals surface area contributed by atoms with Crippen molar-refractivity contribution in [3.8, 4) is 0 Å². The molecule has 0 aliphatic heterocycles. The predicted octanol–water partition coefficient (Wildman–Crippen LogP) is 12.2. The summed E-state index contributed by atoms with van der Waals surface area (Å²) in [6.45, 7) is 2.36. The molecule has 8 nitrogen and oxygen atoms in total. The molecule has 0 saturated heterocycles. The van der Waals surface area contributed by atoms with E-state index < -0.39 is 18.4 Å². The number of likely N-dealkylation sites (N-methyl/N-ethyl adjacent to an activating group) is 1. The van der Waals surface area contributed by atoms with E-state index in [1.54, 1.807) is 0 Å². The molecule has 0 aromatic heterocycles. The summed E-state index contributed by atoms with van der Waals surface area (Å²) in [4.78, 5) is 23.2. The van der Waals surface area contributed by atoms with Crippen molar-refractivity contribution in [3.63, 3.8) is 0 Å². The average molecular weight is 844 g/mol. The highest BCUT2D eigenvalue weighted by molar-refractivity contribution is 5.69. The van der Waals surface area contributed by atoms with Crippen molar-refractivity contribution < 1.29 is 38.5 Å². The van der Waals surface area contributed by atoms with Gasteiger partial charge < -0.3 is 33.7 Å². The van der Waals surface area contributed by atoms with Gasteiger partial charge in [-0.1, -0.05) is 203 Å². The third kappa shape index (κ3) is 46.5. The van der Waals surface area contributed by atoms with Crippen molar-refractivity contribution >= 4 is 11.9 Å². The highest BCUT2D eigenvalue weighted by atomic mass is 16.7. The van der Waals surface area contributed by atoms with Gasteiger partial charge in [-0.15, -0.1) is 0 Å². The van der Waals surface area contributed by atoms with E-state index in [1.165, 1.54) is 135 Å². The van der Waals surface area contributed by atoms with E-state index in [2.05, 4.69) is 67.7 Å². The molecule has 60 heavy (non-hydrogen) atoms. The molecule has 8 heteroatoms. The number of nitrogens with zero attached hydrogens (tertiary/aromatic N) is 1. The summed E-state index contributed by atoms with van der Waals surface area (Å²) in [5, 5.41) is 21.2. The van der Waals surface area contributed by atoms with Crippen LogP contribution < -0.4 is 5.11 Å². The fourth-order valence-electron chi connectivity index (χ4n) is 6.74. The Bertz CT molecular complexity index is 1110. The molecule has 2 atom stereocenters. The van der Waals surface area contributed by atoms with E-state index in [4.69, 9.17) is 14.2 Å². The number of quaternary nitrogens is 1. The molecule has 0 aliphatic rings. The number of carboxylic acids is 1. The van der Waals surface area contributed by atoms with Crippen LogP contribution in [0.25, 0.3) is 0 Å². The van der Waals surface area contributed by atoms with E-state index in [9.17, 15) is 19.8 Å². The van der Waals surface area contributed by atoms with Crippen LogP contribution in [-0.4, -0.2) is 81.4 Å². The van der Waals surface area contributed by atoms with Crippen molar-refractivity contribution in [1.29, 1.82) is 0 Å². The number of hydrogen-bond donors (Lipinski definition) is 1. The fraction of sp³-hybridized carbons (Fsp3) is 0.769. The number of rotatable bonds is 45. The summed E-state index contributed by atoms with van der Waals surface area (Å²) in [7, 11) is 5.88. The molecule has 0 amide bonds. The van der Waals surface area contributed by atoms with Gasteiger partial charge in [0.15, 0.2) is 6.29 Å². The van der Waals surface area contributed by atoms with Crippen LogP contribution in [0.1, 0.15) is 200 Å². The lowest BCUT2D eigenvalue weighted by Gasteiger charge is -2.26. The Hall–Kier alpha value is -2.52. The van der Waals surface area contributed by atoms with Gasteiger partial charge in [0.05, 0.1) is 40.3 Å². The molecule has 0 bridgehead atoms. The topological polar surface area (TPSA) is 105 Å². The van der Waals surface area contributed by atoms with Crippen molar-refractivity contribution in [2.24, 2.45) is 0 Å². The quantitative estimate of drug-likeness (QED) is 0.0214. The summed E-state index contributed by atoms with van der Waals surface area (Å²) in [5.41, 5.74) is 0. The molecule has 0 fully saturated rings. The number of unbranched alkanes of at least 4 members (excludes halogenated alkanes) is 23. The highest BCUT2D eigenvalue weighted by Gasteiger charge is 2.17. The number of aliphatic hydroxyl groups is 1. The Morgan fingerprint density at radius 2 is 0.883 bits per heavy atom. The lowest BCUT2D eigenvalue weighted by atomic mass is 10.0. The van der Waals surface area contributed by atoms with Crippen LogP contribution in [0.3, 0.4) is 0 Å². The van der Waals surface area contributed by atoms with Gasteiger partial charge in [-0.05, 0) is 51.4 Å². The maximum Gasteiger partial charge on any atom is 0.305 e. The summed E-state index contributed by atoms with van der Waals surface area (Å²) in [6.07, 6.45) is 57.1. The molecule has 0 spiro atoms. The van der Waals surface area contributed by atoms with Gasteiger partial charge in [0.2, 0.25) is 0 Å². The first-order valence-electron chi connectivity index (χ1n) is 24.5. The van der Waals surface area contributed by atoms with E-state index in [1.807, 2.05) is 21.1 Å². The minimum absolute atomic E-state index is 0.171. The van der Waals surface area contributed by atoms with Crippen molar-refractivity contribution in [2.75, 3.05) is 47.5 Å². The smallest absolute Gasteiger partial charge is 0.305 e. The summed E-state index contributed by atoms with van der Waals surface area (Å²) >= 11 is 0. The first-order chi connectivity index (χ1) is 29.2. The molecule has 0 aromatic carbocycles. The van der Waals surface area contributed by atoms with E-state index in [0.717, 1.165) is 51.4 Å². The number of aliphatic hydroxyl groups excluding tert-OH is 1. The molecule has 1 N–H and O–H groups in total. The second-order valence-corrected chi connectivity index (χ2v) is 17.6. The minimum atomic E-state index is -1.57. The van der Waals surface area contributed by atoms with Gasteiger partial charge in [-0.2, -0.15) is 0 Å². The molecule has 0 heterocycles. The molecular weight excluding hydrogens is 751 g/mol. The number of hydrogen-bond acceptors (Lipinski definition) is 7. The van der Waals surface area contributed by atoms with Crippen LogP contribution in [-0.2, 0) is 23.8 Å². The third-order valence-corrected chi connectivity index (χ3v) is 10.5. The number of carboxylic acid groups (broad SMARTS) is 1.